The summed E-state index contributed by atoms with van der Waals surface area (Å²) in [6.07, 6.45) is 0.723. The number of benzene rings is 2. The number of rotatable bonds is 5. The number of amides is 1. The number of ether oxygens (including phenoxy) is 1. The van der Waals surface area contributed by atoms with Crippen molar-refractivity contribution in [2.45, 2.75) is 25.0 Å². The lowest BCUT2D eigenvalue weighted by molar-refractivity contribution is -0.128. The molecule has 0 aliphatic heterocycles. The molecule has 1 aliphatic carbocycles. The minimum Gasteiger partial charge on any atom is -0.476 e. The Morgan fingerprint density at radius 3 is 2.35 bits per heavy atom. The highest BCUT2D eigenvalue weighted by atomic mass is 19.2. The maximum Gasteiger partial charge on any atom is 0.266 e. The van der Waals surface area contributed by atoms with Crippen LogP contribution in [0.25, 0.3) is 0 Å². The molecule has 0 unspecified atom stereocenters. The minimum absolute atomic E-state index is 0.0178. The lowest BCUT2D eigenvalue weighted by atomic mass is 10.1. The highest BCUT2D eigenvalue weighted by molar-refractivity contribution is 5.83. The van der Waals surface area contributed by atoms with E-state index in [0.29, 0.717) is 5.56 Å². The van der Waals surface area contributed by atoms with E-state index in [2.05, 4.69) is 5.32 Å². The van der Waals surface area contributed by atoms with E-state index in [1.165, 1.54) is 30.3 Å². The van der Waals surface area contributed by atoms with Crippen LogP contribution in [0.4, 0.5) is 13.2 Å². The first kappa shape index (κ1) is 15.4. The number of halogens is 3. The van der Waals surface area contributed by atoms with Gasteiger partial charge in [0.15, 0.2) is 11.6 Å². The summed E-state index contributed by atoms with van der Waals surface area (Å²) in [7, 11) is 0. The van der Waals surface area contributed by atoms with E-state index in [1.807, 2.05) is 0 Å². The van der Waals surface area contributed by atoms with Crippen LogP contribution in [0.2, 0.25) is 0 Å². The van der Waals surface area contributed by atoms with Crippen molar-refractivity contribution in [1.29, 1.82) is 0 Å². The molecule has 23 heavy (non-hydrogen) atoms. The summed E-state index contributed by atoms with van der Waals surface area (Å²) >= 11 is 0. The maximum absolute atomic E-state index is 13.3. The van der Waals surface area contributed by atoms with Crippen molar-refractivity contribution in [3.8, 4) is 5.75 Å². The Bertz CT molecular complexity index is 714. The molecule has 1 amide bonds. The minimum atomic E-state index is -1.07. The third-order valence-electron chi connectivity index (χ3n) is 3.48. The van der Waals surface area contributed by atoms with Crippen molar-refractivity contribution in [2.24, 2.45) is 0 Å². The molecule has 2 aromatic carbocycles. The molecular formula is C17H14F3NO2. The van der Waals surface area contributed by atoms with E-state index in [4.69, 9.17) is 4.74 Å². The fourth-order valence-corrected chi connectivity index (χ4v) is 2.10. The maximum atomic E-state index is 13.3. The Kier molecular flexibility index (Phi) is 4.23. The molecular weight excluding hydrogens is 307 g/mol. The zero-order valence-electron chi connectivity index (χ0n) is 12.1. The fraction of sp³-hybridized carbons (Fsp3) is 0.235. The number of hydrogen-bond acceptors (Lipinski definition) is 2. The Hall–Kier alpha value is -2.50. The highest BCUT2D eigenvalue weighted by Crippen LogP contribution is 2.26. The average Bonchev–Trinajstić information content (AvgIpc) is 3.33. The van der Waals surface area contributed by atoms with Gasteiger partial charge in [-0.2, -0.15) is 0 Å². The van der Waals surface area contributed by atoms with Crippen molar-refractivity contribution in [3.05, 3.63) is 65.5 Å². The predicted molar refractivity (Wildman–Crippen MR) is 77.3 cm³/mol. The zero-order chi connectivity index (χ0) is 16.4. The summed E-state index contributed by atoms with van der Waals surface area (Å²) in [4.78, 5) is 12.3. The fourth-order valence-electron chi connectivity index (χ4n) is 2.10. The van der Waals surface area contributed by atoms with Gasteiger partial charge in [0, 0.05) is 17.7 Å². The number of nitrogens with one attached hydrogen (secondary N) is 1. The molecule has 0 bridgehead atoms. The van der Waals surface area contributed by atoms with Crippen molar-refractivity contribution in [3.63, 3.8) is 0 Å². The standard InChI is InChI=1S/C17H14F3NO2/c18-11-3-1-10(2-4-11)16(17(22)21-12-5-6-12)23-13-7-8-14(19)15(20)9-13/h1-4,7-9,12,16H,5-6H2,(H,21,22)/t16-/m1/s1. The smallest absolute Gasteiger partial charge is 0.266 e. The number of carbonyl (C=O) groups excluding carboxylic acids is 1. The van der Waals surface area contributed by atoms with Gasteiger partial charge in [0.1, 0.15) is 11.6 Å². The Balaban J connectivity index is 1.85. The van der Waals surface area contributed by atoms with Crippen LogP contribution in [0.3, 0.4) is 0 Å². The molecule has 120 valence electrons. The van der Waals surface area contributed by atoms with Crippen molar-refractivity contribution in [1.82, 2.24) is 5.32 Å². The second-order valence-electron chi connectivity index (χ2n) is 5.41. The van der Waals surface area contributed by atoms with Crippen LogP contribution in [-0.4, -0.2) is 11.9 Å². The van der Waals surface area contributed by atoms with Gasteiger partial charge in [0.05, 0.1) is 0 Å². The Morgan fingerprint density at radius 1 is 1.04 bits per heavy atom. The largest absolute Gasteiger partial charge is 0.476 e. The van der Waals surface area contributed by atoms with Gasteiger partial charge in [0.2, 0.25) is 6.10 Å². The van der Waals surface area contributed by atoms with Gasteiger partial charge in [-0.05, 0) is 37.1 Å². The van der Waals surface area contributed by atoms with Crippen LogP contribution in [-0.2, 0) is 4.79 Å². The normalized spacial score (nSPS) is 15.1. The zero-order valence-corrected chi connectivity index (χ0v) is 12.1. The summed E-state index contributed by atoms with van der Waals surface area (Å²) in [6, 6.07) is 8.40. The van der Waals surface area contributed by atoms with Gasteiger partial charge < -0.3 is 10.1 Å². The van der Waals surface area contributed by atoms with Crippen LogP contribution < -0.4 is 10.1 Å². The molecule has 0 aromatic heterocycles. The first-order chi connectivity index (χ1) is 11.0. The number of carbonyl (C=O) groups is 1. The third kappa shape index (κ3) is 3.83. The summed E-state index contributed by atoms with van der Waals surface area (Å²) in [6.45, 7) is 0. The summed E-state index contributed by atoms with van der Waals surface area (Å²) in [5.74, 6) is -2.89. The molecule has 1 atom stereocenters. The van der Waals surface area contributed by atoms with E-state index < -0.39 is 29.5 Å². The van der Waals surface area contributed by atoms with Gasteiger partial charge in [-0.15, -0.1) is 0 Å². The lowest BCUT2D eigenvalue weighted by Gasteiger charge is -2.19. The molecule has 0 radical (unpaired) electrons. The predicted octanol–water partition coefficient (Wildman–Crippen LogP) is 3.50. The molecule has 6 heteroatoms. The third-order valence-corrected chi connectivity index (χ3v) is 3.48. The van der Waals surface area contributed by atoms with Gasteiger partial charge in [0.25, 0.3) is 5.91 Å². The van der Waals surface area contributed by atoms with Gasteiger partial charge in [-0.1, -0.05) is 12.1 Å². The van der Waals surface area contributed by atoms with Crippen LogP contribution in [0.15, 0.2) is 42.5 Å². The molecule has 0 saturated heterocycles. The molecule has 1 fully saturated rings. The first-order valence-corrected chi connectivity index (χ1v) is 7.20. The van der Waals surface area contributed by atoms with Gasteiger partial charge in [-0.3, -0.25) is 4.79 Å². The summed E-state index contributed by atoms with van der Waals surface area (Å²) in [5.41, 5.74) is 0.425. The molecule has 3 rings (SSSR count). The summed E-state index contributed by atoms with van der Waals surface area (Å²) < 4.78 is 44.9. The first-order valence-electron chi connectivity index (χ1n) is 7.20. The molecule has 1 aliphatic rings. The molecule has 3 nitrogen and oxygen atoms in total. The van der Waals surface area contributed by atoms with E-state index >= 15 is 0 Å². The molecule has 0 spiro atoms. The number of hydrogen-bond donors (Lipinski definition) is 1. The van der Waals surface area contributed by atoms with Crippen LogP contribution >= 0.6 is 0 Å². The Morgan fingerprint density at radius 2 is 1.74 bits per heavy atom. The van der Waals surface area contributed by atoms with E-state index in [0.717, 1.165) is 25.0 Å². The Labute approximate surface area is 131 Å². The van der Waals surface area contributed by atoms with Gasteiger partial charge >= 0.3 is 0 Å². The van der Waals surface area contributed by atoms with Crippen LogP contribution in [0.5, 0.6) is 5.75 Å². The van der Waals surface area contributed by atoms with Gasteiger partial charge in [-0.25, -0.2) is 13.2 Å². The second-order valence-corrected chi connectivity index (χ2v) is 5.41. The molecule has 0 heterocycles. The molecule has 1 saturated carbocycles. The van der Waals surface area contributed by atoms with E-state index in [9.17, 15) is 18.0 Å². The van der Waals surface area contributed by atoms with Crippen molar-refractivity contribution >= 4 is 5.91 Å². The molecule has 1 N–H and O–H groups in total. The monoisotopic (exact) mass is 321 g/mol. The van der Waals surface area contributed by atoms with Crippen molar-refractivity contribution in [2.75, 3.05) is 0 Å². The average molecular weight is 321 g/mol. The SMILES string of the molecule is O=C(NC1CC1)[C@H](Oc1ccc(F)c(F)c1)c1ccc(F)cc1. The highest BCUT2D eigenvalue weighted by Gasteiger charge is 2.30. The second kappa shape index (κ2) is 6.32. The van der Waals surface area contributed by atoms with E-state index in [1.54, 1.807) is 0 Å². The van der Waals surface area contributed by atoms with Crippen molar-refractivity contribution < 1.29 is 22.7 Å². The molecule has 2 aromatic rings. The topological polar surface area (TPSA) is 38.3 Å². The summed E-state index contributed by atoms with van der Waals surface area (Å²) in [5, 5.41) is 2.79. The van der Waals surface area contributed by atoms with Crippen LogP contribution in [0, 0.1) is 17.5 Å². The van der Waals surface area contributed by atoms with Crippen LogP contribution in [0.1, 0.15) is 24.5 Å². The van der Waals surface area contributed by atoms with E-state index in [-0.39, 0.29) is 11.8 Å². The quantitative estimate of drug-likeness (QED) is 0.915. The lowest BCUT2D eigenvalue weighted by Crippen LogP contribution is -2.33.